The Kier molecular flexibility index (Phi) is 6.34. The van der Waals surface area contributed by atoms with Gasteiger partial charge in [-0.1, -0.05) is 12.1 Å². The topological polar surface area (TPSA) is 99.7 Å². The first-order valence-electron chi connectivity index (χ1n) is 10.3. The van der Waals surface area contributed by atoms with E-state index in [0.29, 0.717) is 37.5 Å². The predicted molar refractivity (Wildman–Crippen MR) is 114 cm³/mol. The molecule has 1 aliphatic heterocycles. The number of amides is 1. The first-order chi connectivity index (χ1) is 14.2. The number of benzene rings is 1. The molecule has 1 amide bonds. The molecule has 162 valence electrons. The van der Waals surface area contributed by atoms with Crippen molar-refractivity contribution in [2.75, 3.05) is 18.9 Å². The molecule has 2 aromatic rings. The molecule has 1 aliphatic rings. The maximum Gasteiger partial charge on any atom is 0.410 e. The average molecular weight is 415 g/mol. The highest BCUT2D eigenvalue weighted by Crippen LogP contribution is 2.25. The van der Waals surface area contributed by atoms with E-state index in [9.17, 15) is 9.59 Å². The van der Waals surface area contributed by atoms with Crippen molar-refractivity contribution in [3.8, 4) is 5.75 Å². The van der Waals surface area contributed by atoms with Gasteiger partial charge in [-0.2, -0.15) is 9.78 Å². The van der Waals surface area contributed by atoms with Gasteiger partial charge in [0.1, 0.15) is 17.2 Å². The monoisotopic (exact) mass is 414 g/mol. The Hall–Kier alpha value is -3.03. The van der Waals surface area contributed by atoms with Gasteiger partial charge in [0.2, 0.25) is 5.91 Å². The van der Waals surface area contributed by atoms with Crippen molar-refractivity contribution in [3.05, 3.63) is 41.1 Å². The zero-order valence-corrected chi connectivity index (χ0v) is 18.1. The van der Waals surface area contributed by atoms with E-state index in [4.69, 9.17) is 15.2 Å². The number of nitrogens with zero attached hydrogens (tertiary/aromatic N) is 3. The number of nitrogen functional groups attached to an aromatic ring is 1. The summed E-state index contributed by atoms with van der Waals surface area (Å²) in [5.41, 5.74) is 8.17. The number of fused-ring (bicyclic) bond motifs is 1. The van der Waals surface area contributed by atoms with Gasteiger partial charge in [0.25, 0.3) is 0 Å². The number of nitrogens with two attached hydrogens (primary N) is 1. The van der Waals surface area contributed by atoms with Crippen molar-refractivity contribution in [1.29, 1.82) is 0 Å². The molecular weight excluding hydrogens is 384 g/mol. The van der Waals surface area contributed by atoms with Gasteiger partial charge in [-0.3, -0.25) is 4.79 Å². The quantitative estimate of drug-likeness (QED) is 0.805. The van der Waals surface area contributed by atoms with Crippen molar-refractivity contribution >= 4 is 17.8 Å². The van der Waals surface area contributed by atoms with Crippen LogP contribution in [0.1, 0.15) is 55.7 Å². The third-order valence-electron chi connectivity index (χ3n) is 4.83. The van der Waals surface area contributed by atoms with Gasteiger partial charge >= 0.3 is 6.09 Å². The third kappa shape index (κ3) is 5.11. The maximum atomic E-state index is 12.7. The lowest BCUT2D eigenvalue weighted by Gasteiger charge is -2.29. The molecule has 8 nitrogen and oxygen atoms in total. The molecule has 0 saturated carbocycles. The Labute approximate surface area is 176 Å². The summed E-state index contributed by atoms with van der Waals surface area (Å²) in [7, 11) is 0. The second-order valence-electron chi connectivity index (χ2n) is 8.34. The summed E-state index contributed by atoms with van der Waals surface area (Å²) in [5, 5.41) is 4.40. The summed E-state index contributed by atoms with van der Waals surface area (Å²) in [4.78, 5) is 26.6. The number of anilines is 1. The molecule has 0 bridgehead atoms. The molecule has 1 aromatic carbocycles. The summed E-state index contributed by atoms with van der Waals surface area (Å²) < 4.78 is 12.1. The summed E-state index contributed by atoms with van der Waals surface area (Å²) in [6.07, 6.45) is 1.03. The summed E-state index contributed by atoms with van der Waals surface area (Å²) in [5.74, 6) is 1.01. The van der Waals surface area contributed by atoms with Crippen LogP contribution in [0.3, 0.4) is 0 Å². The normalized spacial score (nSPS) is 13.7. The number of ether oxygens (including phenoxy) is 2. The molecule has 0 spiro atoms. The Morgan fingerprint density at radius 3 is 2.53 bits per heavy atom. The average Bonchev–Trinajstić information content (AvgIpc) is 3.02. The van der Waals surface area contributed by atoms with E-state index in [1.165, 1.54) is 4.68 Å². The van der Waals surface area contributed by atoms with Gasteiger partial charge in [-0.05, 0) is 58.2 Å². The minimum atomic E-state index is -0.563. The zero-order chi connectivity index (χ0) is 21.9. The minimum absolute atomic E-state index is 0.167. The van der Waals surface area contributed by atoms with E-state index >= 15 is 0 Å². The van der Waals surface area contributed by atoms with E-state index in [1.54, 1.807) is 4.90 Å². The predicted octanol–water partition coefficient (Wildman–Crippen LogP) is 3.43. The molecule has 0 atom stereocenters. The van der Waals surface area contributed by atoms with Crippen LogP contribution in [0.25, 0.3) is 0 Å². The Bertz CT molecular complexity index is 912. The Morgan fingerprint density at radius 2 is 1.90 bits per heavy atom. The van der Waals surface area contributed by atoms with E-state index in [1.807, 2.05) is 52.0 Å². The number of carbonyl (C=O) groups excluding carboxylic acids is 2. The number of aromatic nitrogens is 2. The fourth-order valence-electron chi connectivity index (χ4n) is 3.37. The molecule has 2 heterocycles. The molecule has 8 heteroatoms. The number of hydrogen-bond donors (Lipinski definition) is 1. The highest BCUT2D eigenvalue weighted by atomic mass is 16.6. The summed E-state index contributed by atoms with van der Waals surface area (Å²) in [6, 6.07) is 7.70. The zero-order valence-electron chi connectivity index (χ0n) is 18.1. The number of carbonyl (C=O) groups is 2. The van der Waals surface area contributed by atoms with E-state index in [-0.39, 0.29) is 25.0 Å². The van der Waals surface area contributed by atoms with Crippen molar-refractivity contribution in [2.24, 2.45) is 0 Å². The van der Waals surface area contributed by atoms with Gasteiger partial charge in [0, 0.05) is 18.5 Å². The molecule has 0 aliphatic carbocycles. The van der Waals surface area contributed by atoms with Crippen LogP contribution in [0.15, 0.2) is 24.3 Å². The molecule has 2 N–H and O–H groups in total. The van der Waals surface area contributed by atoms with Gasteiger partial charge in [0.05, 0.1) is 18.8 Å². The molecular formula is C22H30N4O4. The van der Waals surface area contributed by atoms with Crippen molar-refractivity contribution in [3.63, 3.8) is 0 Å². The van der Waals surface area contributed by atoms with Crippen molar-refractivity contribution < 1.29 is 19.1 Å². The summed E-state index contributed by atoms with van der Waals surface area (Å²) in [6.45, 7) is 8.81. The minimum Gasteiger partial charge on any atom is -0.494 e. The summed E-state index contributed by atoms with van der Waals surface area (Å²) >= 11 is 0. The SMILES string of the molecule is CCOc1ccc(CCC(=O)n2nc3c(c2N)CCN(C(=O)OC(C)(C)C)C3)cc1. The van der Waals surface area contributed by atoms with Crippen LogP contribution in [-0.4, -0.2) is 45.4 Å². The molecule has 3 rings (SSSR count). The number of aryl methyl sites for hydroxylation is 1. The first kappa shape index (κ1) is 21.7. The van der Waals surface area contributed by atoms with Gasteiger partial charge in [-0.15, -0.1) is 0 Å². The van der Waals surface area contributed by atoms with Crippen LogP contribution < -0.4 is 10.5 Å². The highest BCUT2D eigenvalue weighted by molar-refractivity contribution is 5.82. The molecule has 30 heavy (non-hydrogen) atoms. The number of hydrogen-bond acceptors (Lipinski definition) is 6. The van der Waals surface area contributed by atoms with Gasteiger partial charge in [-0.25, -0.2) is 4.79 Å². The fraction of sp³-hybridized carbons (Fsp3) is 0.500. The second kappa shape index (κ2) is 8.77. The fourth-order valence-corrected chi connectivity index (χ4v) is 3.37. The highest BCUT2D eigenvalue weighted by Gasteiger charge is 2.30. The van der Waals surface area contributed by atoms with E-state index < -0.39 is 5.60 Å². The lowest BCUT2D eigenvalue weighted by Crippen LogP contribution is -2.39. The van der Waals surface area contributed by atoms with Crippen LogP contribution in [0, 0.1) is 0 Å². The molecule has 0 saturated heterocycles. The first-order valence-corrected chi connectivity index (χ1v) is 10.3. The van der Waals surface area contributed by atoms with E-state index in [0.717, 1.165) is 16.9 Å². The van der Waals surface area contributed by atoms with Crippen LogP contribution in [0.5, 0.6) is 5.75 Å². The Balaban J connectivity index is 1.64. The van der Waals surface area contributed by atoms with Crippen LogP contribution in [0.2, 0.25) is 0 Å². The largest absolute Gasteiger partial charge is 0.494 e. The third-order valence-corrected chi connectivity index (χ3v) is 4.83. The van der Waals surface area contributed by atoms with Crippen LogP contribution in [0.4, 0.5) is 10.6 Å². The molecule has 1 aromatic heterocycles. The second-order valence-corrected chi connectivity index (χ2v) is 8.34. The molecule has 0 unspecified atom stereocenters. The van der Waals surface area contributed by atoms with Gasteiger partial charge in [0.15, 0.2) is 0 Å². The molecule has 0 radical (unpaired) electrons. The van der Waals surface area contributed by atoms with Crippen LogP contribution >= 0.6 is 0 Å². The van der Waals surface area contributed by atoms with E-state index in [2.05, 4.69) is 5.10 Å². The smallest absolute Gasteiger partial charge is 0.410 e. The molecule has 0 fully saturated rings. The maximum absolute atomic E-state index is 12.7. The van der Waals surface area contributed by atoms with Crippen molar-refractivity contribution in [1.82, 2.24) is 14.7 Å². The Morgan fingerprint density at radius 1 is 1.20 bits per heavy atom. The lowest BCUT2D eigenvalue weighted by molar-refractivity contribution is 0.0221. The lowest BCUT2D eigenvalue weighted by atomic mass is 10.1. The van der Waals surface area contributed by atoms with Crippen molar-refractivity contribution in [2.45, 2.75) is 59.1 Å². The van der Waals surface area contributed by atoms with Gasteiger partial charge < -0.3 is 20.1 Å². The standard InChI is InChI=1S/C22H30N4O4/c1-5-29-16-9-6-15(7-10-16)8-11-19(27)26-20(23)17-12-13-25(14-18(17)24-26)21(28)30-22(2,3)4/h6-7,9-10H,5,8,11-14,23H2,1-4H3. The number of rotatable bonds is 5. The van der Waals surface area contributed by atoms with Crippen LogP contribution in [-0.2, 0) is 24.1 Å².